The van der Waals surface area contributed by atoms with Crippen LogP contribution in [0.2, 0.25) is 5.02 Å². The average Bonchev–Trinajstić information content (AvgIpc) is 3.31. The van der Waals surface area contributed by atoms with Crippen molar-refractivity contribution in [1.82, 2.24) is 10.2 Å². The summed E-state index contributed by atoms with van der Waals surface area (Å²) in [6, 6.07) is 22.2. The summed E-state index contributed by atoms with van der Waals surface area (Å²) < 4.78 is 12.0. The van der Waals surface area contributed by atoms with E-state index in [1.807, 2.05) is 68.4 Å². The fourth-order valence-electron chi connectivity index (χ4n) is 3.21. The molecule has 1 atom stereocenters. The number of para-hydroxylation sites is 1. The Morgan fingerprint density at radius 3 is 2.50 bits per heavy atom. The van der Waals surface area contributed by atoms with Crippen molar-refractivity contribution in [2.24, 2.45) is 0 Å². The molecule has 1 amide bonds. The number of halogens is 1. The van der Waals surface area contributed by atoms with Crippen LogP contribution in [0, 0.1) is 6.92 Å². The topological polar surface area (TPSA) is 77.2 Å². The fraction of sp³-hybridized carbons (Fsp3) is 0.160. The number of hydrogen-bond donors (Lipinski definition) is 1. The smallest absolute Gasteiger partial charge is 0.265 e. The molecule has 0 saturated heterocycles. The number of nitrogens with zero attached hydrogens (tertiary/aromatic N) is 2. The molecule has 162 valence electrons. The highest BCUT2D eigenvalue weighted by molar-refractivity contribution is 6.31. The highest BCUT2D eigenvalue weighted by atomic mass is 35.5. The summed E-state index contributed by atoms with van der Waals surface area (Å²) in [6.07, 6.45) is -0.246. The third kappa shape index (κ3) is 4.65. The largest absolute Gasteiger partial charge is 0.480 e. The third-order valence-electron chi connectivity index (χ3n) is 5.02. The van der Waals surface area contributed by atoms with E-state index in [1.54, 1.807) is 18.2 Å². The minimum Gasteiger partial charge on any atom is -0.480 e. The van der Waals surface area contributed by atoms with Gasteiger partial charge in [-0.15, -0.1) is 10.2 Å². The van der Waals surface area contributed by atoms with Gasteiger partial charge < -0.3 is 14.5 Å². The highest BCUT2D eigenvalue weighted by Gasteiger charge is 2.22. The lowest BCUT2D eigenvalue weighted by atomic mass is 10.1. The number of hydrogen-bond acceptors (Lipinski definition) is 5. The number of nitrogens with one attached hydrogen (secondary N) is 1. The van der Waals surface area contributed by atoms with Crippen molar-refractivity contribution < 1.29 is 13.9 Å². The molecule has 0 spiro atoms. The number of aromatic nitrogens is 2. The molecule has 0 aliphatic heterocycles. The maximum absolute atomic E-state index is 12.9. The van der Waals surface area contributed by atoms with E-state index in [4.69, 9.17) is 20.8 Å². The maximum Gasteiger partial charge on any atom is 0.265 e. The van der Waals surface area contributed by atoms with E-state index in [0.717, 1.165) is 11.1 Å². The van der Waals surface area contributed by atoms with Gasteiger partial charge in [0.25, 0.3) is 11.8 Å². The van der Waals surface area contributed by atoms with Crippen molar-refractivity contribution in [1.29, 1.82) is 0 Å². The first-order chi connectivity index (χ1) is 15.6. The molecule has 0 fully saturated rings. The number of carbonyl (C=O) groups is 1. The van der Waals surface area contributed by atoms with Crippen LogP contribution in [0.1, 0.15) is 18.9 Å². The number of ether oxygens (including phenoxy) is 1. The molecule has 4 rings (SSSR count). The highest BCUT2D eigenvalue weighted by Crippen LogP contribution is 2.32. The van der Waals surface area contributed by atoms with Gasteiger partial charge in [0, 0.05) is 16.3 Å². The molecule has 0 aliphatic carbocycles. The Morgan fingerprint density at radius 2 is 1.72 bits per heavy atom. The maximum atomic E-state index is 12.9. The molecule has 3 aromatic carbocycles. The second-order valence-electron chi connectivity index (χ2n) is 7.19. The van der Waals surface area contributed by atoms with Crippen molar-refractivity contribution in [2.75, 3.05) is 5.32 Å². The molecule has 6 nitrogen and oxygen atoms in total. The van der Waals surface area contributed by atoms with Crippen LogP contribution >= 0.6 is 11.6 Å². The summed E-state index contributed by atoms with van der Waals surface area (Å²) >= 11 is 6.17. The number of rotatable bonds is 7. The van der Waals surface area contributed by atoms with Crippen LogP contribution in [0.5, 0.6) is 5.75 Å². The standard InChI is InChI=1S/C25H22ClN3O3/c1-3-21(23(30)27-20-14-9-13-19(26)16(20)2)31-22-15-8-7-12-18(22)25-29-28-24(32-25)17-10-5-4-6-11-17/h4-15,21H,3H2,1-2H3,(H,27,30)/t21-/m1/s1. The van der Waals surface area contributed by atoms with Gasteiger partial charge in [-0.3, -0.25) is 4.79 Å². The molecule has 0 radical (unpaired) electrons. The average molecular weight is 448 g/mol. The van der Waals surface area contributed by atoms with E-state index in [9.17, 15) is 4.79 Å². The summed E-state index contributed by atoms with van der Waals surface area (Å²) in [7, 11) is 0. The van der Waals surface area contributed by atoms with Gasteiger partial charge in [0.05, 0.1) is 5.56 Å². The summed E-state index contributed by atoms with van der Waals surface area (Å²) in [5, 5.41) is 11.8. The predicted molar refractivity (Wildman–Crippen MR) is 125 cm³/mol. The van der Waals surface area contributed by atoms with Crippen molar-refractivity contribution in [2.45, 2.75) is 26.4 Å². The number of anilines is 1. The second kappa shape index (κ2) is 9.66. The zero-order valence-corrected chi connectivity index (χ0v) is 18.5. The van der Waals surface area contributed by atoms with Crippen molar-refractivity contribution in [3.63, 3.8) is 0 Å². The van der Waals surface area contributed by atoms with Gasteiger partial charge in [-0.2, -0.15) is 0 Å². The molecule has 0 bridgehead atoms. The quantitative estimate of drug-likeness (QED) is 0.367. The summed E-state index contributed by atoms with van der Waals surface area (Å²) in [5.41, 5.74) is 2.90. The van der Waals surface area contributed by atoms with Gasteiger partial charge >= 0.3 is 0 Å². The van der Waals surface area contributed by atoms with E-state index in [0.29, 0.717) is 40.2 Å². The SMILES string of the molecule is CC[C@@H](Oc1ccccc1-c1nnc(-c2ccccc2)o1)C(=O)Nc1cccc(Cl)c1C. The molecular formula is C25H22ClN3O3. The zero-order valence-electron chi connectivity index (χ0n) is 17.7. The first-order valence-electron chi connectivity index (χ1n) is 10.3. The summed E-state index contributed by atoms with van der Waals surface area (Å²) in [5.74, 6) is 0.959. The first-order valence-corrected chi connectivity index (χ1v) is 10.7. The van der Waals surface area contributed by atoms with Crippen LogP contribution < -0.4 is 10.1 Å². The predicted octanol–water partition coefficient (Wildman–Crippen LogP) is 6.16. The molecule has 0 saturated carbocycles. The Hall–Kier alpha value is -3.64. The lowest BCUT2D eigenvalue weighted by Gasteiger charge is -2.19. The van der Waals surface area contributed by atoms with Gasteiger partial charge in [0.2, 0.25) is 5.89 Å². The van der Waals surface area contributed by atoms with Crippen molar-refractivity contribution in [3.05, 3.63) is 83.4 Å². The normalized spacial score (nSPS) is 11.7. The Balaban J connectivity index is 1.56. The molecule has 0 unspecified atom stereocenters. The van der Waals surface area contributed by atoms with E-state index in [1.165, 1.54) is 0 Å². The fourth-order valence-corrected chi connectivity index (χ4v) is 3.38. The van der Waals surface area contributed by atoms with Crippen LogP contribution in [0.25, 0.3) is 22.9 Å². The molecular weight excluding hydrogens is 426 g/mol. The van der Waals surface area contributed by atoms with E-state index in [2.05, 4.69) is 15.5 Å². The monoisotopic (exact) mass is 447 g/mol. The molecule has 1 heterocycles. The molecule has 4 aromatic rings. The van der Waals surface area contributed by atoms with Crippen LogP contribution in [0.15, 0.2) is 77.2 Å². The minimum atomic E-state index is -0.717. The number of carbonyl (C=O) groups excluding carboxylic acids is 1. The van der Waals surface area contributed by atoms with Crippen LogP contribution in [0.4, 0.5) is 5.69 Å². The lowest BCUT2D eigenvalue weighted by Crippen LogP contribution is -2.32. The van der Waals surface area contributed by atoms with Crippen LogP contribution in [0.3, 0.4) is 0 Å². The van der Waals surface area contributed by atoms with E-state index < -0.39 is 6.10 Å². The van der Waals surface area contributed by atoms with Gasteiger partial charge in [-0.25, -0.2) is 0 Å². The number of amides is 1. The third-order valence-corrected chi connectivity index (χ3v) is 5.43. The Morgan fingerprint density at radius 1 is 1.00 bits per heavy atom. The van der Waals surface area contributed by atoms with Crippen LogP contribution in [-0.2, 0) is 4.79 Å². The Bertz CT molecular complexity index is 1220. The molecule has 32 heavy (non-hydrogen) atoms. The van der Waals surface area contributed by atoms with E-state index in [-0.39, 0.29) is 5.91 Å². The minimum absolute atomic E-state index is 0.261. The number of benzene rings is 3. The van der Waals surface area contributed by atoms with Gasteiger partial charge in [0.1, 0.15) is 5.75 Å². The molecule has 0 aliphatic rings. The second-order valence-corrected chi connectivity index (χ2v) is 7.60. The van der Waals surface area contributed by atoms with Crippen molar-refractivity contribution >= 4 is 23.2 Å². The Kier molecular flexibility index (Phi) is 6.52. The van der Waals surface area contributed by atoms with E-state index >= 15 is 0 Å². The summed E-state index contributed by atoms with van der Waals surface area (Å²) in [6.45, 7) is 3.74. The Labute approximate surface area is 191 Å². The zero-order chi connectivity index (χ0) is 22.5. The van der Waals surface area contributed by atoms with Crippen molar-refractivity contribution in [3.8, 4) is 28.7 Å². The lowest BCUT2D eigenvalue weighted by molar-refractivity contribution is -0.122. The first kappa shape index (κ1) is 21.6. The van der Waals surface area contributed by atoms with Crippen LogP contribution in [-0.4, -0.2) is 22.2 Å². The van der Waals surface area contributed by atoms with Gasteiger partial charge in [-0.05, 0) is 55.3 Å². The molecule has 1 aromatic heterocycles. The summed E-state index contributed by atoms with van der Waals surface area (Å²) in [4.78, 5) is 12.9. The molecule has 7 heteroatoms. The van der Waals surface area contributed by atoms with Gasteiger partial charge in [-0.1, -0.05) is 54.9 Å². The van der Waals surface area contributed by atoms with Gasteiger partial charge in [0.15, 0.2) is 6.10 Å². The molecule has 1 N–H and O–H groups in total.